The highest BCUT2D eigenvalue weighted by Crippen LogP contribution is 2.34. The molecule has 3 nitrogen and oxygen atoms in total. The Morgan fingerprint density at radius 1 is 1.08 bits per heavy atom. The highest BCUT2D eigenvalue weighted by atomic mass is 32.2. The lowest BCUT2D eigenvalue weighted by Crippen LogP contribution is -2.12. The van der Waals surface area contributed by atoms with Crippen LogP contribution in [0.25, 0.3) is 17.3 Å². The van der Waals surface area contributed by atoms with Crippen LogP contribution < -0.4 is 0 Å². The number of halogens is 2. The zero-order valence-corrected chi connectivity index (χ0v) is 13.7. The van der Waals surface area contributed by atoms with E-state index < -0.39 is 5.82 Å². The summed E-state index contributed by atoms with van der Waals surface area (Å²) in [5.41, 5.74) is 3.17. The molecule has 2 heterocycles. The summed E-state index contributed by atoms with van der Waals surface area (Å²) in [7, 11) is 0. The largest absolute Gasteiger partial charge is 0.289 e. The van der Waals surface area contributed by atoms with Crippen molar-refractivity contribution in [2.45, 2.75) is 4.90 Å². The number of fused-ring (bicyclic) bond motifs is 1. The maximum Gasteiger partial charge on any atom is 0.191 e. The second-order valence-corrected chi connectivity index (χ2v) is 6.65. The molecule has 0 fully saturated rings. The van der Waals surface area contributed by atoms with Crippen LogP contribution in [0.2, 0.25) is 0 Å². The van der Waals surface area contributed by atoms with E-state index in [0.717, 1.165) is 16.0 Å². The SMILES string of the molecule is O=C1/C(=C/c2cn[nH]c2-c2ccc(F)cc2)CSc2ccc(F)cc21. The molecule has 0 amide bonds. The molecule has 0 aliphatic carbocycles. The number of rotatable bonds is 2. The number of benzene rings is 2. The molecule has 25 heavy (non-hydrogen) atoms. The molecule has 1 aliphatic rings. The van der Waals surface area contributed by atoms with E-state index in [1.54, 1.807) is 30.5 Å². The maximum atomic E-state index is 13.5. The zero-order valence-electron chi connectivity index (χ0n) is 12.9. The number of aromatic amines is 1. The topological polar surface area (TPSA) is 45.8 Å². The minimum Gasteiger partial charge on any atom is -0.289 e. The summed E-state index contributed by atoms with van der Waals surface area (Å²) in [5.74, 6) is -0.421. The number of hydrogen-bond acceptors (Lipinski definition) is 3. The average molecular weight is 354 g/mol. The van der Waals surface area contributed by atoms with Gasteiger partial charge in [-0.15, -0.1) is 11.8 Å². The number of hydrogen-bond donors (Lipinski definition) is 1. The summed E-state index contributed by atoms with van der Waals surface area (Å²) < 4.78 is 26.6. The van der Waals surface area contributed by atoms with Crippen molar-refractivity contribution in [2.24, 2.45) is 0 Å². The Hall–Kier alpha value is -2.73. The summed E-state index contributed by atoms with van der Waals surface area (Å²) >= 11 is 1.50. The predicted molar refractivity (Wildman–Crippen MR) is 93.4 cm³/mol. The van der Waals surface area contributed by atoms with Crippen molar-refractivity contribution >= 4 is 23.6 Å². The van der Waals surface area contributed by atoms with Gasteiger partial charge in [-0.05, 0) is 48.5 Å². The molecular formula is C19H12F2N2OS. The van der Waals surface area contributed by atoms with Gasteiger partial charge in [0, 0.05) is 32.9 Å². The van der Waals surface area contributed by atoms with Gasteiger partial charge in [0.25, 0.3) is 0 Å². The molecule has 1 aromatic heterocycles. The Bertz CT molecular complexity index is 993. The van der Waals surface area contributed by atoms with E-state index in [2.05, 4.69) is 10.2 Å². The fraction of sp³-hybridized carbons (Fsp3) is 0.0526. The maximum absolute atomic E-state index is 13.5. The molecule has 3 aromatic rings. The van der Waals surface area contributed by atoms with Gasteiger partial charge in [0.2, 0.25) is 0 Å². The first-order valence-electron chi connectivity index (χ1n) is 7.59. The molecule has 0 radical (unpaired) electrons. The number of H-pyrrole nitrogens is 1. The van der Waals surface area contributed by atoms with Crippen molar-refractivity contribution in [1.29, 1.82) is 0 Å². The standard InChI is InChI=1S/C19H12F2N2OS/c20-14-3-1-11(2-4-14)18-12(9-22-23-18)7-13-10-25-17-6-5-15(21)8-16(17)19(13)24/h1-9H,10H2,(H,22,23)/b13-7+. The number of nitrogens with zero attached hydrogens (tertiary/aromatic N) is 1. The van der Waals surface area contributed by atoms with Gasteiger partial charge < -0.3 is 0 Å². The molecule has 0 bridgehead atoms. The number of thioether (sulfide) groups is 1. The Labute approximate surface area is 146 Å². The smallest absolute Gasteiger partial charge is 0.191 e. The molecule has 1 N–H and O–H groups in total. The van der Waals surface area contributed by atoms with Crippen molar-refractivity contribution in [3.63, 3.8) is 0 Å². The second kappa shape index (κ2) is 6.29. The lowest BCUT2D eigenvalue weighted by atomic mass is 10.00. The number of aromatic nitrogens is 2. The van der Waals surface area contributed by atoms with Crippen molar-refractivity contribution in [3.05, 3.63) is 77.0 Å². The van der Waals surface area contributed by atoms with Crippen LogP contribution >= 0.6 is 11.8 Å². The zero-order chi connectivity index (χ0) is 17.4. The lowest BCUT2D eigenvalue weighted by molar-refractivity contribution is 0.103. The van der Waals surface area contributed by atoms with Crippen LogP contribution in [0.1, 0.15) is 15.9 Å². The van der Waals surface area contributed by atoms with E-state index in [9.17, 15) is 13.6 Å². The van der Waals surface area contributed by atoms with Gasteiger partial charge in [0.1, 0.15) is 11.6 Å². The number of carbonyl (C=O) groups excluding carboxylic acids is 1. The molecule has 1 aliphatic heterocycles. The molecule has 0 saturated heterocycles. The highest BCUT2D eigenvalue weighted by molar-refractivity contribution is 7.99. The Morgan fingerprint density at radius 3 is 2.64 bits per heavy atom. The van der Waals surface area contributed by atoms with Crippen molar-refractivity contribution in [1.82, 2.24) is 10.2 Å². The van der Waals surface area contributed by atoms with Crippen LogP contribution in [-0.2, 0) is 0 Å². The summed E-state index contributed by atoms with van der Waals surface area (Å²) in [5, 5.41) is 6.91. The first-order chi connectivity index (χ1) is 12.1. The molecule has 2 aromatic carbocycles. The quantitative estimate of drug-likeness (QED) is 0.677. The Balaban J connectivity index is 1.72. The molecule has 0 unspecified atom stereocenters. The van der Waals surface area contributed by atoms with Crippen LogP contribution in [0, 0.1) is 11.6 Å². The summed E-state index contributed by atoms with van der Waals surface area (Å²) in [6.07, 6.45) is 3.37. The summed E-state index contributed by atoms with van der Waals surface area (Å²) in [6, 6.07) is 10.3. The Morgan fingerprint density at radius 2 is 1.84 bits per heavy atom. The predicted octanol–water partition coefficient (Wildman–Crippen LogP) is 4.73. The third kappa shape index (κ3) is 3.00. The third-order valence-corrected chi connectivity index (χ3v) is 5.11. The Kier molecular flexibility index (Phi) is 3.97. The molecule has 0 spiro atoms. The van der Waals surface area contributed by atoms with E-state index in [0.29, 0.717) is 22.6 Å². The highest BCUT2D eigenvalue weighted by Gasteiger charge is 2.23. The molecule has 0 atom stereocenters. The minimum atomic E-state index is -0.427. The van der Waals surface area contributed by atoms with Gasteiger partial charge in [0.15, 0.2) is 5.78 Å². The van der Waals surface area contributed by atoms with Gasteiger partial charge in [0.05, 0.1) is 11.9 Å². The normalized spacial score (nSPS) is 15.4. The molecular weight excluding hydrogens is 342 g/mol. The molecule has 124 valence electrons. The van der Waals surface area contributed by atoms with Crippen molar-refractivity contribution in [2.75, 3.05) is 5.75 Å². The minimum absolute atomic E-state index is 0.181. The summed E-state index contributed by atoms with van der Waals surface area (Å²) in [6.45, 7) is 0. The van der Waals surface area contributed by atoms with E-state index in [1.165, 1.54) is 36.0 Å². The van der Waals surface area contributed by atoms with Crippen molar-refractivity contribution in [3.8, 4) is 11.3 Å². The van der Waals surface area contributed by atoms with Crippen LogP contribution in [0.15, 0.2) is 59.1 Å². The van der Waals surface area contributed by atoms with Crippen LogP contribution in [0.3, 0.4) is 0 Å². The van der Waals surface area contributed by atoms with E-state index in [1.807, 2.05) is 0 Å². The van der Waals surface area contributed by atoms with Crippen LogP contribution in [0.5, 0.6) is 0 Å². The average Bonchev–Trinajstić information content (AvgIpc) is 3.07. The van der Waals surface area contributed by atoms with Gasteiger partial charge in [-0.3, -0.25) is 9.89 Å². The number of Topliss-reactive ketones (excluding diaryl/α,β-unsaturated/α-hetero) is 1. The first kappa shape index (κ1) is 15.8. The van der Waals surface area contributed by atoms with Gasteiger partial charge in [-0.1, -0.05) is 0 Å². The van der Waals surface area contributed by atoms with E-state index in [4.69, 9.17) is 0 Å². The van der Waals surface area contributed by atoms with Crippen molar-refractivity contribution < 1.29 is 13.6 Å². The number of carbonyl (C=O) groups is 1. The fourth-order valence-electron chi connectivity index (χ4n) is 2.75. The fourth-order valence-corrected chi connectivity index (χ4v) is 3.74. The van der Waals surface area contributed by atoms with E-state index >= 15 is 0 Å². The van der Waals surface area contributed by atoms with E-state index in [-0.39, 0.29) is 11.6 Å². The second-order valence-electron chi connectivity index (χ2n) is 5.64. The van der Waals surface area contributed by atoms with Crippen LogP contribution in [-0.4, -0.2) is 21.7 Å². The first-order valence-corrected chi connectivity index (χ1v) is 8.57. The third-order valence-electron chi connectivity index (χ3n) is 3.99. The van der Waals surface area contributed by atoms with Gasteiger partial charge in [-0.25, -0.2) is 8.78 Å². The monoisotopic (exact) mass is 354 g/mol. The number of nitrogens with one attached hydrogen (secondary N) is 1. The molecule has 0 saturated carbocycles. The number of ketones is 1. The van der Waals surface area contributed by atoms with Crippen LogP contribution in [0.4, 0.5) is 8.78 Å². The molecule has 6 heteroatoms. The van der Waals surface area contributed by atoms with Gasteiger partial charge >= 0.3 is 0 Å². The molecule has 4 rings (SSSR count). The summed E-state index contributed by atoms with van der Waals surface area (Å²) in [4.78, 5) is 13.4. The lowest BCUT2D eigenvalue weighted by Gasteiger charge is -2.16. The van der Waals surface area contributed by atoms with Gasteiger partial charge in [-0.2, -0.15) is 5.10 Å².